The van der Waals surface area contributed by atoms with Crippen LogP contribution in [0.15, 0.2) is 24.3 Å². The minimum atomic E-state index is -0.856. The average Bonchev–Trinajstić information content (AvgIpc) is 2.64. The first-order valence-electron chi connectivity index (χ1n) is 7.82. The van der Waals surface area contributed by atoms with E-state index in [0.717, 1.165) is 24.8 Å². The molecule has 20 heavy (non-hydrogen) atoms. The molecule has 0 bridgehead atoms. The van der Waals surface area contributed by atoms with E-state index in [-0.39, 0.29) is 0 Å². The summed E-state index contributed by atoms with van der Waals surface area (Å²) < 4.78 is 0. The van der Waals surface area contributed by atoms with Gasteiger partial charge in [0.1, 0.15) is 5.54 Å². The summed E-state index contributed by atoms with van der Waals surface area (Å²) in [4.78, 5) is 12.0. The maximum atomic E-state index is 12.0. The Bertz CT molecular complexity index is 492. The molecule has 0 radical (unpaired) electrons. The molecule has 0 amide bonds. The van der Waals surface area contributed by atoms with Gasteiger partial charge in [0.05, 0.1) is 0 Å². The van der Waals surface area contributed by atoms with Crippen molar-refractivity contribution < 1.29 is 9.90 Å². The van der Waals surface area contributed by atoms with Crippen molar-refractivity contribution in [3.05, 3.63) is 35.4 Å². The van der Waals surface area contributed by atoms with E-state index in [4.69, 9.17) is 0 Å². The van der Waals surface area contributed by atoms with E-state index in [1.807, 2.05) is 18.2 Å². The Morgan fingerprint density at radius 3 is 2.55 bits per heavy atom. The second kappa shape index (κ2) is 5.57. The summed E-state index contributed by atoms with van der Waals surface area (Å²) in [6.07, 6.45) is 8.77. The number of benzene rings is 1. The first-order valence-corrected chi connectivity index (χ1v) is 7.82. The van der Waals surface area contributed by atoms with Gasteiger partial charge < -0.3 is 5.11 Å². The first-order chi connectivity index (χ1) is 9.72. The van der Waals surface area contributed by atoms with Gasteiger partial charge in [-0.25, -0.2) is 4.79 Å². The monoisotopic (exact) mass is 273 g/mol. The summed E-state index contributed by atoms with van der Waals surface area (Å²) in [5.74, 6) is -0.716. The Morgan fingerprint density at radius 1 is 1.15 bits per heavy atom. The van der Waals surface area contributed by atoms with Crippen molar-refractivity contribution in [1.29, 1.82) is 0 Å². The largest absolute Gasteiger partial charge is 0.480 e. The third kappa shape index (κ3) is 2.35. The van der Waals surface area contributed by atoms with Crippen LogP contribution >= 0.6 is 0 Å². The molecule has 1 saturated carbocycles. The van der Waals surface area contributed by atoms with E-state index in [1.165, 1.54) is 31.2 Å². The van der Waals surface area contributed by atoms with Gasteiger partial charge in [0.25, 0.3) is 0 Å². The third-order valence-corrected chi connectivity index (χ3v) is 4.92. The van der Waals surface area contributed by atoms with Crippen molar-refractivity contribution in [2.75, 3.05) is 0 Å². The van der Waals surface area contributed by atoms with Crippen LogP contribution in [0.25, 0.3) is 0 Å². The lowest BCUT2D eigenvalue weighted by molar-refractivity contribution is -0.145. The number of hydrogen-bond acceptors (Lipinski definition) is 2. The van der Waals surface area contributed by atoms with Crippen molar-refractivity contribution in [2.45, 2.75) is 62.9 Å². The molecule has 2 aliphatic rings. The summed E-state index contributed by atoms with van der Waals surface area (Å²) in [5, 5.41) is 13.4. The summed E-state index contributed by atoms with van der Waals surface area (Å²) in [5.41, 5.74) is 1.32. The van der Waals surface area contributed by atoms with Crippen molar-refractivity contribution in [2.24, 2.45) is 0 Å². The molecule has 1 aromatic carbocycles. The normalized spacial score (nSPS) is 27.0. The van der Waals surface area contributed by atoms with E-state index < -0.39 is 11.5 Å². The lowest BCUT2D eigenvalue weighted by Gasteiger charge is -2.32. The zero-order valence-electron chi connectivity index (χ0n) is 11.9. The Hall–Kier alpha value is -1.35. The number of rotatable bonds is 3. The number of carboxylic acid groups (broad SMARTS) is 1. The van der Waals surface area contributed by atoms with Crippen LogP contribution in [0.5, 0.6) is 0 Å². The van der Waals surface area contributed by atoms with Crippen LogP contribution in [0.3, 0.4) is 0 Å². The van der Waals surface area contributed by atoms with Gasteiger partial charge >= 0.3 is 5.97 Å². The second-order valence-corrected chi connectivity index (χ2v) is 6.20. The number of nitrogens with one attached hydrogen (secondary N) is 1. The summed E-state index contributed by atoms with van der Waals surface area (Å²) in [6.45, 7) is 0. The second-order valence-electron chi connectivity index (χ2n) is 6.20. The van der Waals surface area contributed by atoms with Crippen LogP contribution in [0, 0.1) is 0 Å². The maximum absolute atomic E-state index is 12.0. The minimum absolute atomic E-state index is 0.347. The molecule has 2 aliphatic carbocycles. The minimum Gasteiger partial charge on any atom is -0.480 e. The van der Waals surface area contributed by atoms with E-state index in [0.29, 0.717) is 12.5 Å². The van der Waals surface area contributed by atoms with Gasteiger partial charge in [0.15, 0.2) is 0 Å². The molecule has 1 fully saturated rings. The molecule has 3 rings (SSSR count). The van der Waals surface area contributed by atoms with Gasteiger partial charge in [0.2, 0.25) is 0 Å². The number of carboxylic acids is 1. The molecule has 108 valence electrons. The summed E-state index contributed by atoms with van der Waals surface area (Å²) >= 11 is 0. The average molecular weight is 273 g/mol. The van der Waals surface area contributed by atoms with Crippen LogP contribution in [-0.4, -0.2) is 17.1 Å². The molecule has 0 aliphatic heterocycles. The predicted octanol–water partition coefficient (Wildman–Crippen LogP) is 3.23. The quantitative estimate of drug-likeness (QED) is 0.831. The standard InChI is InChI=1S/C17H23NO2/c19-16(20)17(18-14-8-3-1-2-4-9-14)12-11-13-7-5-6-10-15(13)17/h5-7,10,14,18H,1-4,8-9,11-12H2,(H,19,20). The molecule has 1 unspecified atom stereocenters. The van der Waals surface area contributed by atoms with Crippen molar-refractivity contribution in [1.82, 2.24) is 5.32 Å². The van der Waals surface area contributed by atoms with Gasteiger partial charge in [-0.05, 0) is 36.8 Å². The molecule has 1 atom stereocenters. The zero-order valence-corrected chi connectivity index (χ0v) is 11.9. The Balaban J connectivity index is 1.88. The number of carbonyl (C=O) groups is 1. The predicted molar refractivity (Wildman–Crippen MR) is 78.7 cm³/mol. The molecular weight excluding hydrogens is 250 g/mol. The third-order valence-electron chi connectivity index (χ3n) is 4.92. The summed E-state index contributed by atoms with van der Waals surface area (Å²) in [6, 6.07) is 8.35. The molecule has 1 aromatic rings. The molecule has 3 heteroatoms. The lowest BCUT2D eigenvalue weighted by atomic mass is 9.89. The number of fused-ring (bicyclic) bond motifs is 1. The van der Waals surface area contributed by atoms with E-state index in [1.54, 1.807) is 0 Å². The number of aliphatic carboxylic acids is 1. The molecule has 0 spiro atoms. The highest BCUT2D eigenvalue weighted by Crippen LogP contribution is 2.38. The molecular formula is C17H23NO2. The number of aryl methyl sites for hydroxylation is 1. The van der Waals surface area contributed by atoms with Crippen molar-refractivity contribution >= 4 is 5.97 Å². The van der Waals surface area contributed by atoms with Gasteiger partial charge in [0, 0.05) is 6.04 Å². The lowest BCUT2D eigenvalue weighted by Crippen LogP contribution is -2.52. The molecule has 2 N–H and O–H groups in total. The van der Waals surface area contributed by atoms with Crippen LogP contribution in [-0.2, 0) is 16.8 Å². The molecule has 0 aromatic heterocycles. The fourth-order valence-electron chi connectivity index (χ4n) is 3.82. The highest BCUT2D eigenvalue weighted by molar-refractivity contribution is 5.82. The summed E-state index contributed by atoms with van der Waals surface area (Å²) in [7, 11) is 0. The molecule has 0 saturated heterocycles. The molecule has 0 heterocycles. The highest BCUT2D eigenvalue weighted by atomic mass is 16.4. The maximum Gasteiger partial charge on any atom is 0.328 e. The van der Waals surface area contributed by atoms with Crippen LogP contribution < -0.4 is 5.32 Å². The SMILES string of the molecule is O=C(O)C1(NC2CCCCCC2)CCc2ccccc21. The topological polar surface area (TPSA) is 49.3 Å². The van der Waals surface area contributed by atoms with Crippen LogP contribution in [0.2, 0.25) is 0 Å². The highest BCUT2D eigenvalue weighted by Gasteiger charge is 2.46. The van der Waals surface area contributed by atoms with E-state index in [9.17, 15) is 9.90 Å². The van der Waals surface area contributed by atoms with Crippen molar-refractivity contribution in [3.63, 3.8) is 0 Å². The van der Waals surface area contributed by atoms with E-state index in [2.05, 4.69) is 11.4 Å². The zero-order chi connectivity index (χ0) is 14.0. The fourth-order valence-corrected chi connectivity index (χ4v) is 3.82. The van der Waals surface area contributed by atoms with Crippen molar-refractivity contribution in [3.8, 4) is 0 Å². The Labute approximate surface area is 120 Å². The van der Waals surface area contributed by atoms with Crippen LogP contribution in [0.4, 0.5) is 0 Å². The number of hydrogen-bond donors (Lipinski definition) is 2. The van der Waals surface area contributed by atoms with E-state index >= 15 is 0 Å². The Kier molecular flexibility index (Phi) is 3.79. The fraction of sp³-hybridized carbons (Fsp3) is 0.588. The smallest absolute Gasteiger partial charge is 0.328 e. The molecule has 3 nitrogen and oxygen atoms in total. The van der Waals surface area contributed by atoms with Crippen LogP contribution in [0.1, 0.15) is 56.1 Å². The van der Waals surface area contributed by atoms with Gasteiger partial charge in [-0.3, -0.25) is 5.32 Å². The van der Waals surface area contributed by atoms with Gasteiger partial charge in [-0.1, -0.05) is 49.9 Å². The van der Waals surface area contributed by atoms with Gasteiger partial charge in [-0.15, -0.1) is 0 Å². The van der Waals surface area contributed by atoms with Gasteiger partial charge in [-0.2, -0.15) is 0 Å². The first kappa shape index (κ1) is 13.6. The Morgan fingerprint density at radius 2 is 1.85 bits per heavy atom.